The van der Waals surface area contributed by atoms with Crippen LogP contribution >= 0.6 is 11.3 Å². The Morgan fingerprint density at radius 2 is 2.04 bits per heavy atom. The average Bonchev–Trinajstić information content (AvgIpc) is 3.18. The van der Waals surface area contributed by atoms with Gasteiger partial charge < -0.3 is 5.32 Å². The summed E-state index contributed by atoms with van der Waals surface area (Å²) in [6, 6.07) is 10.9. The van der Waals surface area contributed by atoms with Crippen LogP contribution < -0.4 is 5.32 Å². The van der Waals surface area contributed by atoms with Gasteiger partial charge in [0.25, 0.3) is 0 Å². The first-order valence-electron chi connectivity index (χ1n) is 8.80. The van der Waals surface area contributed by atoms with E-state index in [-0.39, 0.29) is 0 Å². The average molecular weight is 345 g/mol. The van der Waals surface area contributed by atoms with E-state index in [1.807, 2.05) is 17.6 Å². The van der Waals surface area contributed by atoms with Crippen LogP contribution in [0.2, 0.25) is 0 Å². The molecule has 1 saturated carbocycles. The minimum atomic E-state index is -1.05. The minimum absolute atomic E-state index is 0.422. The number of likely N-dealkylation sites (tertiary alicyclic amines) is 1. The summed E-state index contributed by atoms with van der Waals surface area (Å²) in [5.74, 6) is 0.506. The van der Waals surface area contributed by atoms with Gasteiger partial charge in [-0.25, -0.2) is 9.37 Å². The van der Waals surface area contributed by atoms with Gasteiger partial charge in [0.1, 0.15) is 5.67 Å². The number of nitrogens with one attached hydrogen (secondary N) is 1. The molecule has 1 N–H and O–H groups in total. The van der Waals surface area contributed by atoms with E-state index in [9.17, 15) is 0 Å². The predicted molar refractivity (Wildman–Crippen MR) is 96.1 cm³/mol. The first-order chi connectivity index (χ1) is 11.7. The quantitative estimate of drug-likeness (QED) is 0.867. The summed E-state index contributed by atoms with van der Waals surface area (Å²) in [5, 5.41) is 6.65. The third kappa shape index (κ3) is 3.85. The first-order valence-corrected chi connectivity index (χ1v) is 9.68. The van der Waals surface area contributed by atoms with Gasteiger partial charge in [-0.3, -0.25) is 4.90 Å². The van der Waals surface area contributed by atoms with E-state index in [2.05, 4.69) is 39.5 Å². The van der Waals surface area contributed by atoms with Crippen LogP contribution in [0.15, 0.2) is 41.9 Å². The molecular formula is C19H24FN3S. The largest absolute Gasteiger partial charge is 0.310 e. The normalized spacial score (nSPS) is 26.4. The van der Waals surface area contributed by atoms with Crippen LogP contribution in [0.25, 0.3) is 0 Å². The van der Waals surface area contributed by atoms with E-state index in [0.717, 1.165) is 26.1 Å². The summed E-state index contributed by atoms with van der Waals surface area (Å²) in [6.45, 7) is 3.10. The number of nitrogens with zero attached hydrogens (tertiary/aromatic N) is 2. The molecule has 1 aliphatic carbocycles. The lowest BCUT2D eigenvalue weighted by Gasteiger charge is -2.36. The molecule has 24 heavy (non-hydrogen) atoms. The number of piperidine rings is 1. The van der Waals surface area contributed by atoms with Crippen molar-refractivity contribution in [3.05, 3.63) is 52.5 Å². The maximum atomic E-state index is 15.0. The van der Waals surface area contributed by atoms with E-state index >= 15 is 4.39 Å². The van der Waals surface area contributed by atoms with Gasteiger partial charge in [-0.15, -0.1) is 11.3 Å². The van der Waals surface area contributed by atoms with Crippen molar-refractivity contribution in [1.82, 2.24) is 15.2 Å². The van der Waals surface area contributed by atoms with Crippen LogP contribution in [-0.2, 0) is 6.54 Å². The molecule has 0 amide bonds. The zero-order valence-corrected chi connectivity index (χ0v) is 14.6. The Morgan fingerprint density at radius 3 is 2.75 bits per heavy atom. The van der Waals surface area contributed by atoms with Crippen LogP contribution in [0, 0.1) is 0 Å². The third-order valence-electron chi connectivity index (χ3n) is 5.24. The highest BCUT2D eigenvalue weighted by atomic mass is 32.1. The van der Waals surface area contributed by atoms with E-state index in [0.29, 0.717) is 31.3 Å². The maximum Gasteiger partial charge on any atom is 0.125 e. The molecule has 2 aromatic rings. The summed E-state index contributed by atoms with van der Waals surface area (Å²) < 4.78 is 15.0. The second-order valence-corrected chi connectivity index (χ2v) is 8.04. The molecule has 0 bridgehead atoms. The van der Waals surface area contributed by atoms with Crippen LogP contribution in [0.4, 0.5) is 4.39 Å². The van der Waals surface area contributed by atoms with Crippen LogP contribution in [-0.4, -0.2) is 41.2 Å². The predicted octanol–water partition coefficient (Wildman–Crippen LogP) is 3.59. The standard InChI is InChI=1S/C19H24FN3S/c20-19(14-22-17-12-16(17)18-21-8-11-24-18)6-9-23(10-7-19)13-15-4-2-1-3-5-15/h1-5,8,11,16-17,22H,6-7,9-10,12-14H2. The van der Waals surface area contributed by atoms with Crippen LogP contribution in [0.3, 0.4) is 0 Å². The zero-order chi connectivity index (χ0) is 16.4. The summed E-state index contributed by atoms with van der Waals surface area (Å²) in [4.78, 5) is 6.73. The van der Waals surface area contributed by atoms with Crippen molar-refractivity contribution >= 4 is 11.3 Å². The molecule has 1 aromatic carbocycles. The second kappa shape index (κ2) is 6.90. The van der Waals surface area contributed by atoms with Crippen molar-refractivity contribution in [2.75, 3.05) is 19.6 Å². The lowest BCUT2D eigenvalue weighted by molar-refractivity contribution is 0.0544. The summed E-state index contributed by atoms with van der Waals surface area (Å²) >= 11 is 1.71. The van der Waals surface area contributed by atoms with Gasteiger partial charge in [-0.1, -0.05) is 30.3 Å². The number of halogens is 1. The zero-order valence-electron chi connectivity index (χ0n) is 13.8. The number of alkyl halides is 1. The van der Waals surface area contributed by atoms with Gasteiger partial charge >= 0.3 is 0 Å². The lowest BCUT2D eigenvalue weighted by atomic mass is 9.93. The molecule has 0 spiro atoms. The van der Waals surface area contributed by atoms with E-state index in [4.69, 9.17) is 0 Å². The molecule has 128 valence electrons. The fourth-order valence-electron chi connectivity index (χ4n) is 3.56. The molecule has 1 aliphatic heterocycles. The van der Waals surface area contributed by atoms with Gasteiger partial charge in [-0.05, 0) is 24.8 Å². The molecule has 2 aliphatic rings. The first kappa shape index (κ1) is 16.2. The highest BCUT2D eigenvalue weighted by molar-refractivity contribution is 7.09. The molecule has 1 aromatic heterocycles. The maximum absolute atomic E-state index is 15.0. The van der Waals surface area contributed by atoms with Gasteiger partial charge in [0.05, 0.1) is 5.01 Å². The number of rotatable bonds is 6. The molecule has 3 nitrogen and oxygen atoms in total. The van der Waals surface area contributed by atoms with Crippen molar-refractivity contribution in [2.45, 2.75) is 43.4 Å². The Morgan fingerprint density at radius 1 is 1.25 bits per heavy atom. The Hall–Kier alpha value is -1.30. The van der Waals surface area contributed by atoms with Gasteiger partial charge in [0.15, 0.2) is 0 Å². The topological polar surface area (TPSA) is 28.2 Å². The van der Waals surface area contributed by atoms with Gasteiger partial charge in [-0.2, -0.15) is 0 Å². The summed E-state index contributed by atoms with van der Waals surface area (Å²) in [5.41, 5.74) is 0.259. The molecule has 4 rings (SSSR count). The van der Waals surface area contributed by atoms with Gasteiger partial charge in [0.2, 0.25) is 0 Å². The van der Waals surface area contributed by atoms with E-state index in [1.165, 1.54) is 10.6 Å². The van der Waals surface area contributed by atoms with E-state index < -0.39 is 5.67 Å². The summed E-state index contributed by atoms with van der Waals surface area (Å²) in [7, 11) is 0. The molecule has 2 heterocycles. The Bertz CT molecular complexity index is 638. The molecule has 2 atom stereocenters. The van der Waals surface area contributed by atoms with Crippen LogP contribution in [0.5, 0.6) is 0 Å². The minimum Gasteiger partial charge on any atom is -0.310 e. The number of thiazole rings is 1. The summed E-state index contributed by atoms with van der Waals surface area (Å²) in [6.07, 6.45) is 4.21. The monoisotopic (exact) mass is 345 g/mol. The molecule has 1 saturated heterocycles. The lowest BCUT2D eigenvalue weighted by Crippen LogP contribution is -2.47. The second-order valence-electron chi connectivity index (χ2n) is 7.11. The van der Waals surface area contributed by atoms with Crippen molar-refractivity contribution < 1.29 is 4.39 Å². The van der Waals surface area contributed by atoms with Crippen molar-refractivity contribution in [3.63, 3.8) is 0 Å². The smallest absolute Gasteiger partial charge is 0.125 e. The Balaban J connectivity index is 1.22. The van der Waals surface area contributed by atoms with E-state index in [1.54, 1.807) is 11.3 Å². The Kier molecular flexibility index (Phi) is 4.66. The van der Waals surface area contributed by atoms with Crippen molar-refractivity contribution in [2.24, 2.45) is 0 Å². The molecule has 0 radical (unpaired) electrons. The number of aromatic nitrogens is 1. The number of hydrogen-bond donors (Lipinski definition) is 1. The molecule has 2 fully saturated rings. The van der Waals surface area contributed by atoms with Crippen molar-refractivity contribution in [1.29, 1.82) is 0 Å². The third-order valence-corrected chi connectivity index (χ3v) is 6.15. The molecule has 2 unspecified atom stereocenters. The van der Waals surface area contributed by atoms with Crippen molar-refractivity contribution in [3.8, 4) is 0 Å². The van der Waals surface area contributed by atoms with Gasteiger partial charge in [0, 0.05) is 49.7 Å². The SMILES string of the molecule is FC1(CNC2CC2c2nccs2)CCN(Cc2ccccc2)CC1. The number of hydrogen-bond acceptors (Lipinski definition) is 4. The van der Waals surface area contributed by atoms with Crippen LogP contribution in [0.1, 0.15) is 35.8 Å². The molecular weight excluding hydrogens is 321 g/mol. The molecule has 5 heteroatoms. The fourth-order valence-corrected chi connectivity index (χ4v) is 4.37. The number of benzene rings is 1. The highest BCUT2D eigenvalue weighted by Gasteiger charge is 2.42. The fraction of sp³-hybridized carbons (Fsp3) is 0.526. The highest BCUT2D eigenvalue weighted by Crippen LogP contribution is 2.42. The Labute approximate surface area is 146 Å².